The zero-order valence-electron chi connectivity index (χ0n) is 86.6. The number of hydrogen-bond acceptors (Lipinski definition) is 15. The summed E-state index contributed by atoms with van der Waals surface area (Å²) in [6.07, 6.45) is 46.5. The predicted molar refractivity (Wildman–Crippen MR) is 516 cm³/mol. The number of allylic oxidation sites excluding steroid dienone is 14. The molecule has 9 saturated carbocycles. The van der Waals surface area contributed by atoms with Gasteiger partial charge in [-0.1, -0.05) is 242 Å². The first-order valence-corrected chi connectivity index (χ1v) is 52.2. The van der Waals surface area contributed by atoms with Crippen LogP contribution in [-0.4, -0.2) is 112 Å². The Balaban J connectivity index is 0.000000132. The van der Waals surface area contributed by atoms with Gasteiger partial charge in [-0.15, -0.1) is 0 Å². The Morgan fingerprint density at radius 3 is 1.38 bits per heavy atom. The number of nitrogens with zero attached hydrogens (tertiary/aromatic N) is 1. The fourth-order valence-corrected chi connectivity index (χ4v) is 34.9. The van der Waals surface area contributed by atoms with E-state index in [1.807, 2.05) is 26.0 Å². The summed E-state index contributed by atoms with van der Waals surface area (Å²) in [5, 5.41) is 0. The van der Waals surface area contributed by atoms with E-state index in [0.29, 0.717) is 104 Å². The Morgan fingerprint density at radius 2 is 0.878 bits per heavy atom. The van der Waals surface area contributed by atoms with Gasteiger partial charge >= 0.3 is 11.9 Å². The summed E-state index contributed by atoms with van der Waals surface area (Å²) < 4.78 is 46.9. The lowest BCUT2D eigenvalue weighted by Crippen LogP contribution is -2.62. The summed E-state index contributed by atoms with van der Waals surface area (Å²) in [6, 6.07) is 0. The Hall–Kier alpha value is -5.28. The second-order valence-corrected chi connectivity index (χ2v) is 50.2. The molecule has 12 fully saturated rings. The molecule has 0 amide bonds. The summed E-state index contributed by atoms with van der Waals surface area (Å²) in [4.78, 5) is 90.9. The predicted octanol–water partition coefficient (Wildman–Crippen LogP) is 26.1. The van der Waals surface area contributed by atoms with E-state index in [2.05, 4.69) is 194 Å². The van der Waals surface area contributed by atoms with E-state index in [4.69, 9.17) is 44.5 Å². The van der Waals surface area contributed by atoms with Crippen LogP contribution in [0.1, 0.15) is 372 Å². The molecule has 16 nitrogen and oxygen atoms in total. The molecule has 16 heteroatoms. The molecule has 0 aromatic carbocycles. The fourth-order valence-electron chi connectivity index (χ4n) is 34.9. The van der Waals surface area contributed by atoms with Crippen LogP contribution in [0.2, 0.25) is 0 Å². The van der Waals surface area contributed by atoms with Gasteiger partial charge < -0.3 is 42.7 Å². The van der Waals surface area contributed by atoms with E-state index in [9.17, 15) is 33.6 Å². The van der Waals surface area contributed by atoms with Crippen molar-refractivity contribution < 1.29 is 71.5 Å². The molecule has 21 atom stereocenters. The van der Waals surface area contributed by atoms with Crippen molar-refractivity contribution in [3.63, 3.8) is 0 Å². The van der Waals surface area contributed by atoms with Gasteiger partial charge in [-0.3, -0.25) is 28.8 Å². The standard InChI is InChI=1S/C26H40O4.C24H33NO2.C24H38O3.C21H32O3.C20H30O3/c1-18-10-11-21-24(4,19(18)8-7-9-22(27)28-6)13-12-20-23(2,3)26(29-16-17-30-26)15-14-25(20,21)5;1-8-9-10-16-15(2)18(26)13-20-23(16,5)12-11-19-22(3,4)21(27)17(25-7)14-24(19,20)6;1-16-10-11-19-23(4,17(16)8-7-9-21(26)27-6)14-12-18-22(2,3)20(25)13-15-24(18,19)5;1-14-6-7-16-19(4)10-11-21(23-12-13-24-21)18(2,3)15(19)8-9-20(16,5)17(14)22;1-17(2)14-8-9-19(4)15(6-5-7-16(19)21)18(14,3)10-11-20(17)22-12-13-23-20/h8,11,18,20H,7,9-10,12-17H2,1-6H3;13-16,19H,8-12H2,1-6H3;11,16-18H,7-10,12-15H2,1-6H3;7,14-15H,6,8-13H2,1-5H3;6,14H,5,7-13H2,1-4H3/t18-,20-,24-,25-;15-,16-,19+,23+,24+;16-,17+,18-,23-,24-;14-,15-,19-,20+;14-,18-,19+/m01000/s1. The molecule has 0 aromatic heterocycles. The highest BCUT2D eigenvalue weighted by Gasteiger charge is 2.72. The molecular weight excluding hydrogens is 1640 g/mol. The van der Waals surface area contributed by atoms with Gasteiger partial charge in [0.2, 0.25) is 5.70 Å². The number of fused-ring (bicyclic) bond motifs is 15. The molecule has 131 heavy (non-hydrogen) atoms. The second kappa shape index (κ2) is 35.9. The number of hydrogen-bond donors (Lipinski definition) is 0. The van der Waals surface area contributed by atoms with Crippen molar-refractivity contribution in [1.29, 1.82) is 0 Å². The number of carbonyl (C=O) groups excluding carboxylic acids is 7. The molecule has 0 radical (unpaired) electrons. The van der Waals surface area contributed by atoms with E-state index in [1.165, 1.54) is 49.4 Å². The zero-order chi connectivity index (χ0) is 95.9. The van der Waals surface area contributed by atoms with Crippen LogP contribution >= 0.6 is 0 Å². The number of rotatable bonds is 10. The molecule has 3 heterocycles. The Kier molecular flexibility index (Phi) is 27.8. The lowest BCUT2D eigenvalue weighted by Gasteiger charge is -2.65. The quantitative estimate of drug-likeness (QED) is 0.114. The number of methoxy groups -OCH3 is 2. The average Bonchev–Trinajstić information content (AvgIpc) is 1.37. The van der Waals surface area contributed by atoms with Crippen molar-refractivity contribution in [1.82, 2.24) is 0 Å². The second-order valence-electron chi connectivity index (χ2n) is 50.2. The first kappa shape index (κ1) is 102. The van der Waals surface area contributed by atoms with Crippen molar-refractivity contribution >= 4 is 40.9 Å². The van der Waals surface area contributed by atoms with Crippen molar-refractivity contribution in [2.24, 2.45) is 146 Å². The van der Waals surface area contributed by atoms with Crippen LogP contribution in [0, 0.1) is 153 Å². The van der Waals surface area contributed by atoms with Gasteiger partial charge in [-0.05, 0) is 247 Å². The third-order valence-electron chi connectivity index (χ3n) is 42.1. The number of ketones is 5. The largest absolute Gasteiger partial charge is 0.469 e. The van der Waals surface area contributed by atoms with Crippen LogP contribution in [0.5, 0.6) is 0 Å². The molecule has 18 rings (SSSR count). The van der Waals surface area contributed by atoms with Gasteiger partial charge in [0.25, 0.3) is 0 Å². The van der Waals surface area contributed by atoms with Crippen LogP contribution in [0.3, 0.4) is 0 Å². The molecule has 0 N–H and O–H groups in total. The van der Waals surface area contributed by atoms with Crippen molar-refractivity contribution in [2.45, 2.75) is 390 Å². The number of unbranched alkanes of at least 4 members (excludes halogenated alkanes) is 1. The maximum absolute atomic E-state index is 13.0. The van der Waals surface area contributed by atoms with Crippen LogP contribution in [0.25, 0.3) is 4.85 Å². The summed E-state index contributed by atoms with van der Waals surface area (Å²) in [6.45, 7) is 68.9. The molecule has 0 bridgehead atoms. The number of esters is 2. The highest BCUT2D eigenvalue weighted by Crippen LogP contribution is 2.75. The van der Waals surface area contributed by atoms with Crippen LogP contribution < -0.4 is 0 Å². The SMILES string of the molecule is CC1(C)[C@@H]2CC[C@@]3(C)C(=O)CCC=C3[C@@]2(C)CCC12OCCO2.COC(=O)CCC=C1[C@@H](C)CC=C2[C@@]1(C)CC[C@H]1C(C)(C)C3(CC[C@]21C)OCCO3.COC(=O)CCC[C@@H]1[C@@H](C)CC=C2[C@@]1(C)CC[C@H]1C(C)(C)C(=O)CC[C@]21C.C[C@H]1CC=C2[C@@](C)(CC[C@H]3C(C)(C)C4(CC[C@]23C)OCCO4)C1=O.[C-]#[N+]C1=C[C@]2(C)C3=CC(=O)[C@H](C)[C@@H](CCCC)[C@]3(C)CC[C@H]2C(C)(C)C1=O. The van der Waals surface area contributed by atoms with E-state index in [0.717, 1.165) is 187 Å². The summed E-state index contributed by atoms with van der Waals surface area (Å²) in [7, 11) is 2.94. The van der Waals surface area contributed by atoms with Gasteiger partial charge in [0.1, 0.15) is 17.3 Å². The lowest BCUT2D eigenvalue weighted by molar-refractivity contribution is -0.284. The first-order chi connectivity index (χ1) is 61.1. The average molecular weight is 1810 g/mol. The summed E-state index contributed by atoms with van der Waals surface area (Å²) >= 11 is 0. The molecular formula is C115H173NO15. The van der Waals surface area contributed by atoms with E-state index in [-0.39, 0.29) is 117 Å². The van der Waals surface area contributed by atoms with Gasteiger partial charge in [0.15, 0.2) is 28.9 Å². The molecule has 3 saturated heterocycles. The Bertz CT molecular complexity index is 4700. The molecule has 3 spiro atoms. The summed E-state index contributed by atoms with van der Waals surface area (Å²) in [5.74, 6) is 4.58. The number of ether oxygens (including phenoxy) is 8. The number of Topliss-reactive ketones (excluding diaryl/α,β-unsaturated/α-hetero) is 4. The monoisotopic (exact) mass is 1810 g/mol. The van der Waals surface area contributed by atoms with Crippen molar-refractivity contribution in [3.8, 4) is 0 Å². The van der Waals surface area contributed by atoms with E-state index < -0.39 is 28.2 Å². The maximum atomic E-state index is 13.0. The minimum Gasteiger partial charge on any atom is -0.469 e. The lowest BCUT2D eigenvalue weighted by atomic mass is 9.41. The molecule has 728 valence electrons. The third kappa shape index (κ3) is 15.9. The summed E-state index contributed by atoms with van der Waals surface area (Å²) in [5.41, 5.74) is 8.12. The maximum Gasteiger partial charge on any atom is 0.305 e. The van der Waals surface area contributed by atoms with Crippen LogP contribution in [0.15, 0.2) is 81.7 Å². The molecule has 15 aliphatic carbocycles. The molecule has 0 aromatic rings. The molecule has 3 aliphatic heterocycles. The van der Waals surface area contributed by atoms with Crippen LogP contribution in [-0.2, 0) is 71.5 Å². The zero-order valence-corrected chi connectivity index (χ0v) is 86.6. The minimum atomic E-state index is -0.573. The highest BCUT2D eigenvalue weighted by atomic mass is 16.8. The number of carbonyl (C=O) groups is 7. The fraction of sp³-hybridized carbons (Fsp3) is 0.809. The van der Waals surface area contributed by atoms with Gasteiger partial charge in [-0.2, -0.15) is 0 Å². The van der Waals surface area contributed by atoms with Gasteiger partial charge in [0, 0.05) is 106 Å². The normalized spacial score (nSPS) is 42.3. The smallest absolute Gasteiger partial charge is 0.305 e. The highest BCUT2D eigenvalue weighted by molar-refractivity contribution is 6.03. The Labute approximate surface area is 790 Å². The Morgan fingerprint density at radius 1 is 0.443 bits per heavy atom. The minimum absolute atomic E-state index is 0.0174. The van der Waals surface area contributed by atoms with Crippen molar-refractivity contribution in [2.75, 3.05) is 53.9 Å². The third-order valence-corrected chi connectivity index (χ3v) is 42.1. The van der Waals surface area contributed by atoms with Crippen molar-refractivity contribution in [3.05, 3.63) is 93.1 Å². The first-order valence-electron chi connectivity index (χ1n) is 52.2. The van der Waals surface area contributed by atoms with E-state index >= 15 is 0 Å². The molecule has 0 unspecified atom stereocenters. The molecule has 18 aliphatic rings. The van der Waals surface area contributed by atoms with Gasteiger partial charge in [-0.25, -0.2) is 4.85 Å². The van der Waals surface area contributed by atoms with Crippen LogP contribution in [0.4, 0.5) is 0 Å². The van der Waals surface area contributed by atoms with E-state index in [1.54, 1.807) is 11.1 Å². The topological polar surface area (TPSA) is 198 Å². The van der Waals surface area contributed by atoms with Gasteiger partial charge in [0.05, 0.1) is 60.4 Å².